The summed E-state index contributed by atoms with van der Waals surface area (Å²) in [6, 6.07) is 3.94. The zero-order valence-corrected chi connectivity index (χ0v) is 10.8. The zero-order chi connectivity index (χ0) is 12.9. The molecular weight excluding hydrogens is 238 g/mol. The Kier molecular flexibility index (Phi) is 3.65. The minimum absolute atomic E-state index is 0.816. The van der Waals surface area contributed by atoms with Crippen LogP contribution in [0.2, 0.25) is 0 Å². The molecule has 0 saturated carbocycles. The Morgan fingerprint density at radius 3 is 2.68 bits per heavy atom. The third-order valence-corrected chi connectivity index (χ3v) is 3.26. The first-order chi connectivity index (χ1) is 9.43. The van der Waals surface area contributed by atoms with Crippen LogP contribution in [0.25, 0.3) is 11.1 Å². The first kappa shape index (κ1) is 12.0. The number of aromatic nitrogens is 3. The van der Waals surface area contributed by atoms with Gasteiger partial charge in [-0.15, -0.1) is 0 Å². The van der Waals surface area contributed by atoms with E-state index in [2.05, 4.69) is 25.2 Å². The summed E-state index contributed by atoms with van der Waals surface area (Å²) in [5.41, 5.74) is 2.05. The van der Waals surface area contributed by atoms with Crippen molar-refractivity contribution in [3.05, 3.63) is 36.9 Å². The highest BCUT2D eigenvalue weighted by Gasteiger charge is 2.11. The van der Waals surface area contributed by atoms with Crippen molar-refractivity contribution in [2.75, 3.05) is 31.1 Å². The summed E-state index contributed by atoms with van der Waals surface area (Å²) in [7, 11) is 0. The number of anilines is 1. The SMILES string of the molecule is c1cncc(-c2cnc(N3CCCNCC3)nc2)c1. The lowest BCUT2D eigenvalue weighted by molar-refractivity contribution is 0.724. The Bertz CT molecular complexity index is 503. The van der Waals surface area contributed by atoms with Gasteiger partial charge in [0.1, 0.15) is 0 Å². The summed E-state index contributed by atoms with van der Waals surface area (Å²) < 4.78 is 0. The molecule has 1 saturated heterocycles. The Morgan fingerprint density at radius 2 is 1.89 bits per heavy atom. The van der Waals surface area contributed by atoms with Crippen LogP contribution in [0.5, 0.6) is 0 Å². The van der Waals surface area contributed by atoms with Crippen molar-refractivity contribution in [2.45, 2.75) is 6.42 Å². The van der Waals surface area contributed by atoms with Crippen LogP contribution in [-0.2, 0) is 0 Å². The maximum Gasteiger partial charge on any atom is 0.225 e. The summed E-state index contributed by atoms with van der Waals surface area (Å²) in [6.07, 6.45) is 8.47. The van der Waals surface area contributed by atoms with Crippen LogP contribution in [-0.4, -0.2) is 41.1 Å². The number of nitrogens with zero attached hydrogens (tertiary/aromatic N) is 4. The summed E-state index contributed by atoms with van der Waals surface area (Å²) in [6.45, 7) is 4.05. The second-order valence-corrected chi connectivity index (χ2v) is 4.60. The van der Waals surface area contributed by atoms with Gasteiger partial charge in [0.25, 0.3) is 0 Å². The minimum atomic E-state index is 0.816. The smallest absolute Gasteiger partial charge is 0.225 e. The maximum absolute atomic E-state index is 4.48. The molecule has 5 nitrogen and oxygen atoms in total. The van der Waals surface area contributed by atoms with Crippen LogP contribution in [0.1, 0.15) is 6.42 Å². The highest BCUT2D eigenvalue weighted by atomic mass is 15.3. The topological polar surface area (TPSA) is 53.9 Å². The third kappa shape index (κ3) is 2.88. The molecule has 98 valence electrons. The Morgan fingerprint density at radius 1 is 1.00 bits per heavy atom. The van der Waals surface area contributed by atoms with Crippen LogP contribution in [0.4, 0.5) is 5.95 Å². The van der Waals surface area contributed by atoms with Crippen molar-refractivity contribution in [3.8, 4) is 11.1 Å². The van der Waals surface area contributed by atoms with Crippen LogP contribution < -0.4 is 10.2 Å². The number of nitrogens with one attached hydrogen (secondary N) is 1. The summed E-state index contributed by atoms with van der Waals surface area (Å²) >= 11 is 0. The van der Waals surface area contributed by atoms with E-state index in [1.165, 1.54) is 0 Å². The first-order valence-corrected chi connectivity index (χ1v) is 6.61. The van der Waals surface area contributed by atoms with E-state index in [9.17, 15) is 0 Å². The van der Waals surface area contributed by atoms with Gasteiger partial charge in [0.15, 0.2) is 0 Å². The number of pyridine rings is 1. The van der Waals surface area contributed by atoms with Crippen molar-refractivity contribution in [2.24, 2.45) is 0 Å². The summed E-state index contributed by atoms with van der Waals surface area (Å²) in [4.78, 5) is 15.3. The van der Waals surface area contributed by atoms with Gasteiger partial charge in [-0.1, -0.05) is 6.07 Å². The third-order valence-electron chi connectivity index (χ3n) is 3.26. The molecule has 1 N–H and O–H groups in total. The van der Waals surface area contributed by atoms with Crippen LogP contribution >= 0.6 is 0 Å². The fourth-order valence-electron chi connectivity index (χ4n) is 2.21. The summed E-state index contributed by atoms with van der Waals surface area (Å²) in [5.74, 6) is 0.816. The molecule has 1 aliphatic rings. The second kappa shape index (κ2) is 5.75. The average Bonchev–Trinajstić information content (AvgIpc) is 2.77. The van der Waals surface area contributed by atoms with Crippen LogP contribution in [0.15, 0.2) is 36.9 Å². The van der Waals surface area contributed by atoms with Gasteiger partial charge in [-0.2, -0.15) is 0 Å². The molecule has 3 rings (SSSR count). The molecule has 3 heterocycles. The van der Waals surface area contributed by atoms with E-state index < -0.39 is 0 Å². The van der Waals surface area contributed by atoms with E-state index >= 15 is 0 Å². The number of hydrogen-bond donors (Lipinski definition) is 1. The lowest BCUT2D eigenvalue weighted by atomic mass is 10.2. The molecule has 0 spiro atoms. The van der Waals surface area contributed by atoms with Gasteiger partial charge in [0.2, 0.25) is 5.95 Å². The molecular formula is C14H17N5. The molecule has 2 aromatic rings. The molecule has 1 aliphatic heterocycles. The summed E-state index contributed by atoms with van der Waals surface area (Å²) in [5, 5.41) is 3.38. The predicted molar refractivity (Wildman–Crippen MR) is 75.0 cm³/mol. The van der Waals surface area contributed by atoms with Crippen molar-refractivity contribution in [1.29, 1.82) is 0 Å². The van der Waals surface area contributed by atoms with Crippen LogP contribution in [0, 0.1) is 0 Å². The van der Waals surface area contributed by atoms with Crippen molar-refractivity contribution in [1.82, 2.24) is 20.3 Å². The van der Waals surface area contributed by atoms with Crippen molar-refractivity contribution < 1.29 is 0 Å². The fourth-order valence-corrected chi connectivity index (χ4v) is 2.21. The lowest BCUT2D eigenvalue weighted by Crippen LogP contribution is -2.29. The van der Waals surface area contributed by atoms with Gasteiger partial charge in [-0.3, -0.25) is 4.98 Å². The minimum Gasteiger partial charge on any atom is -0.340 e. The van der Waals surface area contributed by atoms with Gasteiger partial charge in [0, 0.05) is 55.5 Å². The van der Waals surface area contributed by atoms with Gasteiger partial charge in [-0.05, 0) is 19.0 Å². The normalized spacial score (nSPS) is 16.1. The molecule has 0 aliphatic carbocycles. The van der Waals surface area contributed by atoms with E-state index in [0.717, 1.165) is 49.7 Å². The molecule has 0 aromatic carbocycles. The standard InChI is InChI=1S/C14H17N5/c1-3-12(9-16-4-1)13-10-17-14(18-11-13)19-7-2-5-15-6-8-19/h1,3-4,9-11,15H,2,5-8H2. The molecule has 2 aromatic heterocycles. The van der Waals surface area contributed by atoms with E-state index in [1.54, 1.807) is 6.20 Å². The zero-order valence-electron chi connectivity index (χ0n) is 10.8. The molecule has 0 unspecified atom stereocenters. The van der Waals surface area contributed by atoms with E-state index in [4.69, 9.17) is 0 Å². The van der Waals surface area contributed by atoms with E-state index in [0.29, 0.717) is 0 Å². The lowest BCUT2D eigenvalue weighted by Gasteiger charge is -2.19. The average molecular weight is 255 g/mol. The maximum atomic E-state index is 4.48. The molecule has 0 amide bonds. The predicted octanol–water partition coefficient (Wildman–Crippen LogP) is 1.34. The van der Waals surface area contributed by atoms with Crippen molar-refractivity contribution >= 4 is 5.95 Å². The van der Waals surface area contributed by atoms with Gasteiger partial charge in [-0.25, -0.2) is 9.97 Å². The largest absolute Gasteiger partial charge is 0.340 e. The molecule has 0 radical (unpaired) electrons. The quantitative estimate of drug-likeness (QED) is 0.877. The second-order valence-electron chi connectivity index (χ2n) is 4.60. The molecule has 0 atom stereocenters. The highest BCUT2D eigenvalue weighted by molar-refractivity contribution is 5.60. The Labute approximate surface area is 112 Å². The van der Waals surface area contributed by atoms with Gasteiger partial charge in [0.05, 0.1) is 0 Å². The van der Waals surface area contributed by atoms with Crippen molar-refractivity contribution in [3.63, 3.8) is 0 Å². The van der Waals surface area contributed by atoms with E-state index in [-0.39, 0.29) is 0 Å². The molecule has 19 heavy (non-hydrogen) atoms. The number of hydrogen-bond acceptors (Lipinski definition) is 5. The monoisotopic (exact) mass is 255 g/mol. The molecule has 0 bridgehead atoms. The highest BCUT2D eigenvalue weighted by Crippen LogP contribution is 2.17. The Hall–Kier alpha value is -2.01. The van der Waals surface area contributed by atoms with Crippen LogP contribution in [0.3, 0.4) is 0 Å². The molecule has 1 fully saturated rings. The Balaban J connectivity index is 1.78. The number of rotatable bonds is 2. The fraction of sp³-hybridized carbons (Fsp3) is 0.357. The van der Waals surface area contributed by atoms with E-state index in [1.807, 2.05) is 30.7 Å². The van der Waals surface area contributed by atoms with Gasteiger partial charge >= 0.3 is 0 Å². The van der Waals surface area contributed by atoms with Gasteiger partial charge < -0.3 is 10.2 Å². The first-order valence-electron chi connectivity index (χ1n) is 6.61. The molecule has 5 heteroatoms.